The second kappa shape index (κ2) is 5.37. The van der Waals surface area contributed by atoms with Gasteiger partial charge in [0.15, 0.2) is 0 Å². The number of hydrogen-bond donors (Lipinski definition) is 2. The fourth-order valence-corrected chi connectivity index (χ4v) is 2.43. The summed E-state index contributed by atoms with van der Waals surface area (Å²) >= 11 is 0. The molecule has 92 valence electrons. The molecular formula is C15H22N2. The smallest absolute Gasteiger partial charge is 0.0459 e. The standard InChI is InChI=1S/C15H22N2/c1-3-4-5-12-6-7-15-14(10-12)13(8-9-16)11(2)17-15/h6-7,10,17H,3-5,8-9,16H2,1-2H3. The molecule has 0 amide bonds. The molecule has 1 aromatic carbocycles. The number of nitrogens with two attached hydrogens (primary N) is 1. The fraction of sp³-hybridized carbons (Fsp3) is 0.467. The zero-order valence-corrected chi connectivity index (χ0v) is 10.8. The van der Waals surface area contributed by atoms with Crippen LogP contribution in [-0.4, -0.2) is 11.5 Å². The molecule has 2 rings (SSSR count). The van der Waals surface area contributed by atoms with E-state index in [-0.39, 0.29) is 0 Å². The summed E-state index contributed by atoms with van der Waals surface area (Å²) in [5.41, 5.74) is 11.0. The molecule has 0 bridgehead atoms. The summed E-state index contributed by atoms with van der Waals surface area (Å²) in [6.07, 6.45) is 4.66. The quantitative estimate of drug-likeness (QED) is 0.813. The predicted molar refractivity (Wildman–Crippen MR) is 74.4 cm³/mol. The molecule has 3 N–H and O–H groups in total. The third kappa shape index (κ3) is 2.52. The largest absolute Gasteiger partial charge is 0.358 e. The summed E-state index contributed by atoms with van der Waals surface area (Å²) in [6.45, 7) is 5.09. The number of hydrogen-bond acceptors (Lipinski definition) is 1. The number of unbranched alkanes of at least 4 members (excludes halogenated alkanes) is 1. The summed E-state index contributed by atoms with van der Waals surface area (Å²) in [4.78, 5) is 3.44. The Balaban J connectivity index is 2.39. The van der Waals surface area contributed by atoms with Crippen LogP contribution in [0.1, 0.15) is 36.6 Å². The van der Waals surface area contributed by atoms with Gasteiger partial charge in [-0.15, -0.1) is 0 Å². The summed E-state index contributed by atoms with van der Waals surface area (Å²) in [5.74, 6) is 0. The van der Waals surface area contributed by atoms with Crippen LogP contribution in [-0.2, 0) is 12.8 Å². The minimum Gasteiger partial charge on any atom is -0.358 e. The highest BCUT2D eigenvalue weighted by Crippen LogP contribution is 2.24. The molecular weight excluding hydrogens is 208 g/mol. The predicted octanol–water partition coefficient (Wildman–Crippen LogP) is 3.32. The van der Waals surface area contributed by atoms with Crippen molar-refractivity contribution in [1.29, 1.82) is 0 Å². The Kier molecular flexibility index (Phi) is 3.85. The van der Waals surface area contributed by atoms with Crippen molar-refractivity contribution < 1.29 is 0 Å². The van der Waals surface area contributed by atoms with Gasteiger partial charge in [0, 0.05) is 16.6 Å². The van der Waals surface area contributed by atoms with E-state index in [1.807, 2.05) is 0 Å². The van der Waals surface area contributed by atoms with E-state index in [4.69, 9.17) is 5.73 Å². The van der Waals surface area contributed by atoms with E-state index in [9.17, 15) is 0 Å². The van der Waals surface area contributed by atoms with Crippen molar-refractivity contribution in [3.05, 3.63) is 35.0 Å². The minimum absolute atomic E-state index is 0.715. The summed E-state index contributed by atoms with van der Waals surface area (Å²) < 4.78 is 0. The number of aromatic amines is 1. The molecule has 2 aromatic rings. The van der Waals surface area contributed by atoms with Crippen molar-refractivity contribution in [2.75, 3.05) is 6.54 Å². The molecule has 0 aliphatic rings. The van der Waals surface area contributed by atoms with Gasteiger partial charge in [0.1, 0.15) is 0 Å². The van der Waals surface area contributed by atoms with Crippen LogP contribution in [0.3, 0.4) is 0 Å². The van der Waals surface area contributed by atoms with Gasteiger partial charge in [0.05, 0.1) is 0 Å². The molecule has 0 spiro atoms. The Bertz CT molecular complexity index is 497. The Morgan fingerprint density at radius 1 is 1.24 bits per heavy atom. The first-order chi connectivity index (χ1) is 8.26. The molecule has 17 heavy (non-hydrogen) atoms. The Labute approximate surface area is 103 Å². The van der Waals surface area contributed by atoms with Crippen LogP contribution in [0.25, 0.3) is 10.9 Å². The number of rotatable bonds is 5. The Morgan fingerprint density at radius 2 is 2.06 bits per heavy atom. The zero-order chi connectivity index (χ0) is 12.3. The van der Waals surface area contributed by atoms with Gasteiger partial charge in [-0.1, -0.05) is 19.4 Å². The van der Waals surface area contributed by atoms with Gasteiger partial charge >= 0.3 is 0 Å². The third-order valence-electron chi connectivity index (χ3n) is 3.40. The summed E-state index contributed by atoms with van der Waals surface area (Å²) in [7, 11) is 0. The normalized spacial score (nSPS) is 11.2. The maximum Gasteiger partial charge on any atom is 0.0459 e. The molecule has 1 aromatic heterocycles. The van der Waals surface area contributed by atoms with E-state index in [0.29, 0.717) is 6.54 Å². The highest BCUT2D eigenvalue weighted by molar-refractivity contribution is 5.85. The molecule has 0 unspecified atom stereocenters. The lowest BCUT2D eigenvalue weighted by molar-refractivity contribution is 0.796. The molecule has 0 aliphatic heterocycles. The van der Waals surface area contributed by atoms with Crippen LogP contribution in [0.5, 0.6) is 0 Å². The SMILES string of the molecule is CCCCc1ccc2[nH]c(C)c(CCN)c2c1. The van der Waals surface area contributed by atoms with Gasteiger partial charge in [-0.05, 0) is 56.0 Å². The van der Waals surface area contributed by atoms with E-state index in [0.717, 1.165) is 6.42 Å². The molecule has 0 fully saturated rings. The molecule has 2 heteroatoms. The lowest BCUT2D eigenvalue weighted by Crippen LogP contribution is -2.03. The highest BCUT2D eigenvalue weighted by Gasteiger charge is 2.08. The number of fused-ring (bicyclic) bond motifs is 1. The van der Waals surface area contributed by atoms with E-state index in [1.165, 1.54) is 47.0 Å². The van der Waals surface area contributed by atoms with Crippen molar-refractivity contribution >= 4 is 10.9 Å². The van der Waals surface area contributed by atoms with Crippen molar-refractivity contribution in [1.82, 2.24) is 4.98 Å². The van der Waals surface area contributed by atoms with Crippen molar-refractivity contribution in [3.8, 4) is 0 Å². The van der Waals surface area contributed by atoms with Gasteiger partial charge in [-0.2, -0.15) is 0 Å². The monoisotopic (exact) mass is 230 g/mol. The van der Waals surface area contributed by atoms with Gasteiger partial charge in [-0.25, -0.2) is 0 Å². The first-order valence-electron chi connectivity index (χ1n) is 6.56. The fourth-order valence-electron chi connectivity index (χ4n) is 2.43. The summed E-state index contributed by atoms with van der Waals surface area (Å²) in [5, 5.41) is 1.36. The van der Waals surface area contributed by atoms with Gasteiger partial charge in [-0.3, -0.25) is 0 Å². The molecule has 2 nitrogen and oxygen atoms in total. The van der Waals surface area contributed by atoms with Gasteiger partial charge in [0.25, 0.3) is 0 Å². The van der Waals surface area contributed by atoms with E-state index in [2.05, 4.69) is 37.0 Å². The second-order valence-electron chi connectivity index (χ2n) is 4.75. The van der Waals surface area contributed by atoms with Crippen LogP contribution in [0.15, 0.2) is 18.2 Å². The van der Waals surface area contributed by atoms with Crippen molar-refractivity contribution in [2.24, 2.45) is 5.73 Å². The molecule has 0 aliphatic carbocycles. The van der Waals surface area contributed by atoms with Gasteiger partial charge < -0.3 is 10.7 Å². The first-order valence-corrected chi connectivity index (χ1v) is 6.56. The third-order valence-corrected chi connectivity index (χ3v) is 3.40. The lowest BCUT2D eigenvalue weighted by Gasteiger charge is -2.02. The number of aryl methyl sites for hydroxylation is 2. The van der Waals surface area contributed by atoms with Crippen LogP contribution in [0.2, 0.25) is 0 Å². The number of aromatic nitrogens is 1. The van der Waals surface area contributed by atoms with Crippen molar-refractivity contribution in [2.45, 2.75) is 39.5 Å². The first kappa shape index (κ1) is 12.2. The molecule has 0 atom stereocenters. The minimum atomic E-state index is 0.715. The van der Waals surface area contributed by atoms with Crippen LogP contribution in [0, 0.1) is 6.92 Å². The molecule has 1 heterocycles. The number of benzene rings is 1. The summed E-state index contributed by atoms with van der Waals surface area (Å²) in [6, 6.07) is 6.77. The average molecular weight is 230 g/mol. The van der Waals surface area contributed by atoms with Gasteiger partial charge in [0.2, 0.25) is 0 Å². The van der Waals surface area contributed by atoms with Crippen molar-refractivity contribution in [3.63, 3.8) is 0 Å². The second-order valence-corrected chi connectivity index (χ2v) is 4.75. The topological polar surface area (TPSA) is 41.8 Å². The average Bonchev–Trinajstić information content (AvgIpc) is 2.64. The maximum atomic E-state index is 5.68. The number of nitrogens with one attached hydrogen (secondary N) is 1. The Hall–Kier alpha value is -1.28. The van der Waals surface area contributed by atoms with Crippen LogP contribution in [0.4, 0.5) is 0 Å². The van der Waals surface area contributed by atoms with Crippen LogP contribution < -0.4 is 5.73 Å². The van der Waals surface area contributed by atoms with E-state index >= 15 is 0 Å². The van der Waals surface area contributed by atoms with E-state index < -0.39 is 0 Å². The van der Waals surface area contributed by atoms with E-state index in [1.54, 1.807) is 0 Å². The highest BCUT2D eigenvalue weighted by atomic mass is 14.7. The lowest BCUT2D eigenvalue weighted by atomic mass is 10.0. The molecule has 0 radical (unpaired) electrons. The maximum absolute atomic E-state index is 5.68. The van der Waals surface area contributed by atoms with Crippen LogP contribution >= 0.6 is 0 Å². The zero-order valence-electron chi connectivity index (χ0n) is 10.8. The molecule has 0 saturated heterocycles. The number of H-pyrrole nitrogens is 1. The Morgan fingerprint density at radius 3 is 2.76 bits per heavy atom. The molecule has 0 saturated carbocycles.